The summed E-state index contributed by atoms with van der Waals surface area (Å²) in [6, 6.07) is 0. The van der Waals surface area contributed by atoms with Gasteiger partial charge in [0.25, 0.3) is 0 Å². The zero-order valence-electron chi connectivity index (χ0n) is 46.7. The van der Waals surface area contributed by atoms with Crippen molar-refractivity contribution in [2.75, 3.05) is 26.4 Å². The molecule has 0 aliphatic heterocycles. The molecular weight excluding hydrogens is 928 g/mol. The van der Waals surface area contributed by atoms with Gasteiger partial charge >= 0.3 is 25.7 Å². The van der Waals surface area contributed by atoms with Crippen LogP contribution in [-0.4, -0.2) is 66.5 Å². The first-order valence-electron chi connectivity index (χ1n) is 29.9. The van der Waals surface area contributed by atoms with E-state index in [2.05, 4.69) is 57.2 Å². The molecule has 0 rings (SSSR count). The molecule has 0 aliphatic carbocycles. The van der Waals surface area contributed by atoms with Crippen LogP contribution in [0.1, 0.15) is 290 Å². The van der Waals surface area contributed by atoms with E-state index in [1.807, 2.05) is 0 Å². The lowest BCUT2D eigenvalue weighted by molar-refractivity contribution is -0.161. The fraction of sp³-hybridized carbons (Fsp3) is 0.850. The van der Waals surface area contributed by atoms with Crippen molar-refractivity contribution < 1.29 is 52.2 Å². The monoisotopic (exact) mass is 1040 g/mol. The molecule has 0 bridgehead atoms. The molecule has 0 aliphatic rings. The van der Waals surface area contributed by atoms with E-state index in [1.165, 1.54) is 135 Å². The van der Waals surface area contributed by atoms with Gasteiger partial charge in [-0.25, -0.2) is 4.57 Å². The molecule has 11 nitrogen and oxygen atoms in total. The molecule has 0 aromatic carbocycles. The summed E-state index contributed by atoms with van der Waals surface area (Å²) in [5.41, 5.74) is 0. The first kappa shape index (κ1) is 69.7. The zero-order chi connectivity index (χ0) is 52.7. The molecule has 3 atom stereocenters. The third-order valence-electron chi connectivity index (χ3n) is 13.0. The van der Waals surface area contributed by atoms with Crippen LogP contribution in [-0.2, 0) is 42.2 Å². The van der Waals surface area contributed by atoms with Crippen LogP contribution < -0.4 is 0 Å². The number of carbonyl (C=O) groups is 3. The van der Waals surface area contributed by atoms with Gasteiger partial charge in [-0.15, -0.1) is 0 Å². The van der Waals surface area contributed by atoms with E-state index in [0.717, 1.165) is 96.3 Å². The Labute approximate surface area is 441 Å². The topological polar surface area (TPSA) is 155 Å². The summed E-state index contributed by atoms with van der Waals surface area (Å²) in [6.07, 6.45) is 56.7. The van der Waals surface area contributed by atoms with Crippen molar-refractivity contribution in [2.45, 2.75) is 303 Å². The number of esters is 3. The SMILES string of the molecule is CCCC/C=C\CCCCCCCC(=O)OC(CO)COP(=O)(O)OCC(COC(=O)CCCCCCC/C=C\CCCCCCCC)OC(=O)CCCCCCCCCCC/C=C\CCCCCCCC. The maximum Gasteiger partial charge on any atom is 0.472 e. The zero-order valence-corrected chi connectivity index (χ0v) is 47.6. The molecule has 0 heterocycles. The summed E-state index contributed by atoms with van der Waals surface area (Å²) in [7, 11) is -4.75. The van der Waals surface area contributed by atoms with Gasteiger partial charge in [0.15, 0.2) is 6.10 Å². The highest BCUT2D eigenvalue weighted by atomic mass is 31.2. The third-order valence-corrected chi connectivity index (χ3v) is 14.0. The minimum atomic E-state index is -4.75. The Morgan fingerprint density at radius 2 is 0.653 bits per heavy atom. The van der Waals surface area contributed by atoms with E-state index in [1.54, 1.807) is 0 Å². The van der Waals surface area contributed by atoms with Crippen molar-refractivity contribution in [1.82, 2.24) is 0 Å². The van der Waals surface area contributed by atoms with Crippen LogP contribution >= 0.6 is 7.82 Å². The van der Waals surface area contributed by atoms with Gasteiger partial charge in [-0.05, 0) is 89.9 Å². The Bertz CT molecular complexity index is 1350. The molecule has 3 unspecified atom stereocenters. The Kier molecular flexibility index (Phi) is 53.2. The predicted molar refractivity (Wildman–Crippen MR) is 298 cm³/mol. The van der Waals surface area contributed by atoms with Crippen molar-refractivity contribution in [3.63, 3.8) is 0 Å². The molecule has 0 saturated carbocycles. The number of rotatable bonds is 56. The first-order chi connectivity index (χ1) is 35.2. The molecule has 422 valence electrons. The largest absolute Gasteiger partial charge is 0.472 e. The molecule has 0 radical (unpaired) electrons. The van der Waals surface area contributed by atoms with E-state index in [4.69, 9.17) is 23.3 Å². The number of hydrogen-bond donors (Lipinski definition) is 2. The number of phosphoric acid groups is 1. The highest BCUT2D eigenvalue weighted by molar-refractivity contribution is 7.47. The van der Waals surface area contributed by atoms with E-state index in [0.29, 0.717) is 19.3 Å². The average Bonchev–Trinajstić information content (AvgIpc) is 3.37. The normalized spacial score (nSPS) is 13.6. The lowest BCUT2D eigenvalue weighted by Gasteiger charge is -2.21. The number of phosphoric ester groups is 1. The summed E-state index contributed by atoms with van der Waals surface area (Å²) in [4.78, 5) is 48.5. The van der Waals surface area contributed by atoms with Crippen molar-refractivity contribution in [3.8, 4) is 0 Å². The van der Waals surface area contributed by atoms with Crippen LogP contribution in [0.25, 0.3) is 0 Å². The molecule has 0 spiro atoms. The molecule has 0 saturated heterocycles. The fourth-order valence-electron chi connectivity index (χ4n) is 8.39. The van der Waals surface area contributed by atoms with Gasteiger partial charge < -0.3 is 24.2 Å². The van der Waals surface area contributed by atoms with Crippen molar-refractivity contribution in [3.05, 3.63) is 36.5 Å². The molecule has 0 aromatic rings. The Morgan fingerprint density at radius 3 is 1.00 bits per heavy atom. The summed E-state index contributed by atoms with van der Waals surface area (Å²) >= 11 is 0. The molecule has 72 heavy (non-hydrogen) atoms. The lowest BCUT2D eigenvalue weighted by Crippen LogP contribution is -2.30. The highest BCUT2D eigenvalue weighted by Gasteiger charge is 2.28. The quantitative estimate of drug-likeness (QED) is 0.0197. The molecule has 0 amide bonds. The lowest BCUT2D eigenvalue weighted by atomic mass is 10.1. The van der Waals surface area contributed by atoms with Gasteiger partial charge in [0.1, 0.15) is 12.7 Å². The standard InChI is InChI=1S/C60H111O11P/c1-4-7-10-13-16-19-22-24-26-27-28-29-31-33-36-39-42-45-48-51-60(64)71-57(53-67-58(62)49-46-43-40-37-35-32-30-25-23-20-17-14-11-8-5-2)55-69-72(65,66)68-54-56(52-61)70-59(63)50-47-44-41-38-34-21-18-15-12-9-6-3/h15,18,24-26,30,56-57,61H,4-14,16-17,19-23,27-29,31-55H2,1-3H3,(H,65,66)/b18-15-,26-24-,30-25-. The summed E-state index contributed by atoms with van der Waals surface area (Å²) in [5, 5.41) is 9.79. The molecule has 0 aromatic heterocycles. The second kappa shape index (κ2) is 54.9. The molecular formula is C60H111O11P. The maximum atomic E-state index is 12.9. The predicted octanol–water partition coefficient (Wildman–Crippen LogP) is 17.6. The number of ether oxygens (including phenoxy) is 3. The van der Waals surface area contributed by atoms with Crippen LogP contribution in [0.2, 0.25) is 0 Å². The Morgan fingerprint density at radius 1 is 0.375 bits per heavy atom. The van der Waals surface area contributed by atoms with Gasteiger partial charge in [-0.2, -0.15) is 0 Å². The van der Waals surface area contributed by atoms with Gasteiger partial charge in [0.05, 0.1) is 19.8 Å². The van der Waals surface area contributed by atoms with Gasteiger partial charge in [0, 0.05) is 19.3 Å². The number of carbonyl (C=O) groups excluding carboxylic acids is 3. The fourth-order valence-corrected chi connectivity index (χ4v) is 9.17. The van der Waals surface area contributed by atoms with Crippen LogP contribution in [0.15, 0.2) is 36.5 Å². The number of aliphatic hydroxyl groups is 1. The summed E-state index contributed by atoms with van der Waals surface area (Å²) < 4.78 is 39.5. The van der Waals surface area contributed by atoms with Crippen LogP contribution in [0, 0.1) is 0 Å². The van der Waals surface area contributed by atoms with Crippen LogP contribution in [0.3, 0.4) is 0 Å². The smallest absolute Gasteiger partial charge is 0.462 e. The van der Waals surface area contributed by atoms with E-state index < -0.39 is 57.8 Å². The first-order valence-corrected chi connectivity index (χ1v) is 31.4. The Balaban J connectivity index is 4.70. The van der Waals surface area contributed by atoms with Gasteiger partial charge in [-0.3, -0.25) is 23.4 Å². The van der Waals surface area contributed by atoms with Gasteiger partial charge in [-0.1, -0.05) is 218 Å². The minimum Gasteiger partial charge on any atom is -0.462 e. The van der Waals surface area contributed by atoms with Gasteiger partial charge in [0.2, 0.25) is 0 Å². The number of hydrogen-bond acceptors (Lipinski definition) is 10. The Hall–Kier alpha value is -2.30. The molecule has 2 N–H and O–H groups in total. The van der Waals surface area contributed by atoms with E-state index >= 15 is 0 Å². The third kappa shape index (κ3) is 52.6. The highest BCUT2D eigenvalue weighted by Crippen LogP contribution is 2.43. The van der Waals surface area contributed by atoms with E-state index in [-0.39, 0.29) is 25.9 Å². The summed E-state index contributed by atoms with van der Waals surface area (Å²) in [6.45, 7) is 4.61. The number of allylic oxidation sites excluding steroid dienone is 6. The van der Waals surface area contributed by atoms with Crippen molar-refractivity contribution >= 4 is 25.7 Å². The van der Waals surface area contributed by atoms with Crippen LogP contribution in [0.5, 0.6) is 0 Å². The minimum absolute atomic E-state index is 0.166. The van der Waals surface area contributed by atoms with E-state index in [9.17, 15) is 28.9 Å². The van der Waals surface area contributed by atoms with Crippen LogP contribution in [0.4, 0.5) is 0 Å². The maximum absolute atomic E-state index is 12.9. The van der Waals surface area contributed by atoms with Crippen molar-refractivity contribution in [2.24, 2.45) is 0 Å². The number of aliphatic hydroxyl groups excluding tert-OH is 1. The molecule has 0 fully saturated rings. The average molecular weight is 1040 g/mol. The molecule has 12 heteroatoms. The summed E-state index contributed by atoms with van der Waals surface area (Å²) in [5.74, 6) is -1.47. The second-order valence-electron chi connectivity index (χ2n) is 20.2. The number of unbranched alkanes of at least 4 members (excludes halogenated alkanes) is 33. The van der Waals surface area contributed by atoms with Crippen molar-refractivity contribution in [1.29, 1.82) is 0 Å². The second-order valence-corrected chi connectivity index (χ2v) is 21.6.